The van der Waals surface area contributed by atoms with E-state index in [2.05, 4.69) is 6.07 Å². The van der Waals surface area contributed by atoms with Gasteiger partial charge >= 0.3 is 0 Å². The molecule has 5 aromatic carbocycles. The normalized spacial score (nSPS) is 13.4. The fourth-order valence-corrected chi connectivity index (χ4v) is 5.69. The SMILES string of the molecule is [2H]c1c(-c2c(C#N)ccc3c2oc2c(-c4cc(C([2H])([2H])[2H])c(F)c[n+]4C)c(C)ccc23)c2ccccc2c2ccccc12. The molecule has 0 N–H and O–H groups in total. The Hall–Kier alpha value is -5.01. The molecule has 7 rings (SSSR count). The van der Waals surface area contributed by atoms with Crippen LogP contribution in [0, 0.1) is 30.9 Å². The first-order valence-corrected chi connectivity index (χ1v) is 12.6. The van der Waals surface area contributed by atoms with E-state index in [4.69, 9.17) is 8.53 Å². The van der Waals surface area contributed by atoms with E-state index >= 15 is 0 Å². The number of hydrogen-bond acceptors (Lipinski definition) is 2. The van der Waals surface area contributed by atoms with Crippen LogP contribution in [0.3, 0.4) is 0 Å². The molecule has 39 heavy (non-hydrogen) atoms. The van der Waals surface area contributed by atoms with Gasteiger partial charge in [0, 0.05) is 26.5 Å². The van der Waals surface area contributed by atoms with Gasteiger partial charge in [0.2, 0.25) is 11.9 Å². The lowest BCUT2D eigenvalue weighted by Crippen LogP contribution is -2.31. The van der Waals surface area contributed by atoms with Gasteiger partial charge in [0.05, 0.1) is 18.6 Å². The molecule has 0 spiro atoms. The first kappa shape index (κ1) is 19.1. The van der Waals surface area contributed by atoms with Crippen molar-refractivity contribution in [1.82, 2.24) is 0 Å². The van der Waals surface area contributed by atoms with Crippen LogP contribution in [-0.2, 0) is 7.05 Å². The van der Waals surface area contributed by atoms with Crippen LogP contribution < -0.4 is 4.57 Å². The van der Waals surface area contributed by atoms with Crippen LogP contribution in [0.4, 0.5) is 4.39 Å². The highest BCUT2D eigenvalue weighted by molar-refractivity contribution is 6.19. The summed E-state index contributed by atoms with van der Waals surface area (Å²) in [6, 6.07) is 27.0. The number of rotatable bonds is 2. The first-order valence-electron chi connectivity index (χ1n) is 14.6. The van der Waals surface area contributed by atoms with Gasteiger partial charge in [-0.2, -0.15) is 9.83 Å². The van der Waals surface area contributed by atoms with Crippen molar-refractivity contribution in [1.29, 1.82) is 5.26 Å². The molecule has 0 aliphatic rings. The lowest BCUT2D eigenvalue weighted by molar-refractivity contribution is -0.662. The fraction of sp³-hybridized carbons (Fsp3) is 0.0857. The van der Waals surface area contributed by atoms with Crippen molar-refractivity contribution >= 4 is 43.5 Å². The van der Waals surface area contributed by atoms with Gasteiger partial charge in [0.25, 0.3) is 0 Å². The molecule has 0 fully saturated rings. The molecule has 0 saturated heterocycles. The van der Waals surface area contributed by atoms with Gasteiger partial charge in [0.1, 0.15) is 18.2 Å². The molecule has 2 heterocycles. The van der Waals surface area contributed by atoms with Crippen LogP contribution in [0.5, 0.6) is 0 Å². The summed E-state index contributed by atoms with van der Waals surface area (Å²) in [7, 11) is 1.66. The number of aryl methyl sites for hydroxylation is 3. The fourth-order valence-electron chi connectivity index (χ4n) is 5.69. The number of hydrogen-bond donors (Lipinski definition) is 0. The van der Waals surface area contributed by atoms with Gasteiger partial charge in [-0.3, -0.25) is 0 Å². The van der Waals surface area contributed by atoms with Crippen molar-refractivity contribution in [2.24, 2.45) is 7.05 Å². The van der Waals surface area contributed by atoms with Gasteiger partial charge in [-0.15, -0.1) is 0 Å². The third-order valence-electron chi connectivity index (χ3n) is 7.54. The molecule has 0 unspecified atom stereocenters. The number of furan rings is 1. The van der Waals surface area contributed by atoms with E-state index < -0.39 is 12.7 Å². The third-order valence-corrected chi connectivity index (χ3v) is 7.54. The number of aromatic nitrogens is 1. The second kappa shape index (κ2) is 8.51. The maximum Gasteiger partial charge on any atom is 0.216 e. The summed E-state index contributed by atoms with van der Waals surface area (Å²) in [5.41, 5.74) is 3.98. The first-order chi connectivity index (χ1) is 20.6. The van der Waals surface area contributed by atoms with Crippen molar-refractivity contribution in [2.45, 2.75) is 13.8 Å². The minimum Gasteiger partial charge on any atom is -0.454 e. The summed E-state index contributed by atoms with van der Waals surface area (Å²) in [6.45, 7) is -0.750. The molecule has 0 radical (unpaired) electrons. The quantitative estimate of drug-likeness (QED) is 0.172. The summed E-state index contributed by atoms with van der Waals surface area (Å²) in [5.74, 6) is -0.812. The van der Waals surface area contributed by atoms with E-state index in [9.17, 15) is 11.0 Å². The number of nitriles is 1. The number of fused-ring (bicyclic) bond motifs is 6. The maximum absolute atomic E-state index is 14.8. The molecule has 0 aliphatic carbocycles. The molecule has 0 saturated carbocycles. The molecule has 186 valence electrons. The minimum atomic E-state index is -2.64. The third kappa shape index (κ3) is 3.37. The molecule has 2 aromatic heterocycles. The molecule has 4 heteroatoms. The molecule has 0 atom stereocenters. The van der Waals surface area contributed by atoms with Gasteiger partial charge in [0.15, 0.2) is 5.82 Å². The maximum atomic E-state index is 14.8. The van der Waals surface area contributed by atoms with Crippen LogP contribution >= 0.6 is 0 Å². The van der Waals surface area contributed by atoms with Gasteiger partial charge in [-0.25, -0.2) is 4.39 Å². The molecule has 3 nitrogen and oxygen atoms in total. The summed E-state index contributed by atoms with van der Waals surface area (Å²) in [5, 5.41) is 15.3. The number of nitrogens with zero attached hydrogens (tertiary/aromatic N) is 2. The zero-order valence-corrected chi connectivity index (χ0v) is 21.3. The summed E-state index contributed by atoms with van der Waals surface area (Å²) in [4.78, 5) is 0. The van der Waals surface area contributed by atoms with Crippen LogP contribution in [0.1, 0.15) is 22.2 Å². The summed E-state index contributed by atoms with van der Waals surface area (Å²) in [6.07, 6.45) is 1.17. The number of pyridine rings is 1. The zero-order valence-electron chi connectivity index (χ0n) is 25.3. The highest BCUT2D eigenvalue weighted by Crippen LogP contribution is 2.44. The highest BCUT2D eigenvalue weighted by atomic mass is 19.1. The standard InChI is InChI=1S/C35H24FN2O/c1-20-12-14-27-28-15-13-23(18-37)33(29-17-22-8-4-5-9-24(22)25-10-6-7-11-26(25)29)35(28)39-34(27)32(20)31-16-21(2)30(36)19-38(31)3/h4-17,19H,1-3H3/q+1/i2D3,17D. The second-order valence-corrected chi connectivity index (χ2v) is 9.84. The van der Waals surface area contributed by atoms with Crippen LogP contribution in [0.2, 0.25) is 0 Å². The number of benzene rings is 5. The van der Waals surface area contributed by atoms with Crippen LogP contribution in [-0.4, -0.2) is 0 Å². The molecule has 0 bridgehead atoms. The average molecular weight is 512 g/mol. The average Bonchev–Trinajstić information content (AvgIpc) is 3.36. The zero-order chi connectivity index (χ0) is 30.2. The predicted molar refractivity (Wildman–Crippen MR) is 155 cm³/mol. The molecule has 7 aromatic rings. The Morgan fingerprint density at radius 2 is 1.54 bits per heavy atom. The Bertz CT molecular complexity index is 2350. The topological polar surface area (TPSA) is 40.8 Å². The van der Waals surface area contributed by atoms with E-state index in [-0.39, 0.29) is 5.56 Å². The smallest absolute Gasteiger partial charge is 0.216 e. The second-order valence-electron chi connectivity index (χ2n) is 9.84. The van der Waals surface area contributed by atoms with E-state index in [0.717, 1.165) is 37.9 Å². The Morgan fingerprint density at radius 1 is 0.846 bits per heavy atom. The Kier molecular flexibility index (Phi) is 4.17. The van der Waals surface area contributed by atoms with E-state index in [1.54, 1.807) is 17.7 Å². The Morgan fingerprint density at radius 3 is 2.31 bits per heavy atom. The number of halogens is 1. The predicted octanol–water partition coefficient (Wildman–Crippen LogP) is 8.68. The lowest BCUT2D eigenvalue weighted by atomic mass is 9.90. The van der Waals surface area contributed by atoms with E-state index in [1.807, 2.05) is 73.7 Å². The minimum absolute atomic E-state index is 0.294. The largest absolute Gasteiger partial charge is 0.454 e. The van der Waals surface area contributed by atoms with Gasteiger partial charge in [-0.1, -0.05) is 60.7 Å². The van der Waals surface area contributed by atoms with Crippen molar-refractivity contribution < 1.29 is 18.9 Å². The van der Waals surface area contributed by atoms with Crippen LogP contribution in [0.25, 0.3) is 65.9 Å². The van der Waals surface area contributed by atoms with Gasteiger partial charge in [-0.05, 0) is 70.2 Å². The molecule has 0 aliphatic heterocycles. The van der Waals surface area contributed by atoms with E-state index in [1.165, 1.54) is 12.3 Å². The lowest BCUT2D eigenvalue weighted by Gasteiger charge is -2.12. The Labute approximate surface area is 230 Å². The molecule has 0 amide bonds. The Balaban J connectivity index is 1.64. The monoisotopic (exact) mass is 511 g/mol. The van der Waals surface area contributed by atoms with Gasteiger partial charge < -0.3 is 4.42 Å². The molecular formula is C35H24FN2O+. The van der Waals surface area contributed by atoms with E-state index in [0.29, 0.717) is 45.2 Å². The highest BCUT2D eigenvalue weighted by Gasteiger charge is 2.25. The van der Waals surface area contributed by atoms with Crippen molar-refractivity contribution in [2.75, 3.05) is 0 Å². The summed E-state index contributed by atoms with van der Waals surface area (Å²) < 4.78 is 56.0. The van der Waals surface area contributed by atoms with Crippen LogP contribution in [0.15, 0.2) is 95.5 Å². The summed E-state index contributed by atoms with van der Waals surface area (Å²) >= 11 is 0. The molecular weight excluding hydrogens is 483 g/mol. The van der Waals surface area contributed by atoms with Crippen molar-refractivity contribution in [3.63, 3.8) is 0 Å². The van der Waals surface area contributed by atoms with Crippen molar-refractivity contribution in [3.8, 4) is 28.5 Å². The van der Waals surface area contributed by atoms with Crippen molar-refractivity contribution in [3.05, 3.63) is 114 Å².